The van der Waals surface area contributed by atoms with Gasteiger partial charge in [0.25, 0.3) is 0 Å². The Morgan fingerprint density at radius 1 is 1.38 bits per heavy atom. The number of aromatic nitrogens is 4. The summed E-state index contributed by atoms with van der Waals surface area (Å²) < 4.78 is 29.0. The van der Waals surface area contributed by atoms with Gasteiger partial charge in [-0.3, -0.25) is 4.57 Å². The summed E-state index contributed by atoms with van der Waals surface area (Å²) in [5.41, 5.74) is 1.05. The molecule has 3 heterocycles. The fraction of sp³-hybridized carbons (Fsp3) is 0.643. The molecule has 1 aliphatic rings. The molecule has 11 nitrogen and oxygen atoms in total. The molecule has 1 fully saturated rings. The van der Waals surface area contributed by atoms with Gasteiger partial charge in [-0.2, -0.15) is 0 Å². The molecule has 2 aromatic heterocycles. The Morgan fingerprint density at radius 2 is 2.15 bits per heavy atom. The SMILES string of the molecule is CO[C@H]1C(O[P+](=O)O)[C@@H](CO)O[C@H]1n1cnc2c(NC(C)C)ncnc21. The normalized spacial score (nSPS) is 26.6. The van der Waals surface area contributed by atoms with Crippen molar-refractivity contribution in [1.29, 1.82) is 0 Å². The maximum absolute atomic E-state index is 11.1. The second-order valence-electron chi connectivity index (χ2n) is 6.10. The first-order chi connectivity index (χ1) is 12.5. The van der Waals surface area contributed by atoms with E-state index in [2.05, 4.69) is 20.3 Å². The van der Waals surface area contributed by atoms with Crippen molar-refractivity contribution in [2.24, 2.45) is 0 Å². The minimum atomic E-state index is -2.88. The number of hydrogen-bond donors (Lipinski definition) is 3. The van der Waals surface area contributed by atoms with Crippen molar-refractivity contribution in [3.63, 3.8) is 0 Å². The smallest absolute Gasteiger partial charge is 0.394 e. The lowest BCUT2D eigenvalue weighted by molar-refractivity contribution is -0.0583. The van der Waals surface area contributed by atoms with Crippen molar-refractivity contribution in [3.8, 4) is 0 Å². The van der Waals surface area contributed by atoms with E-state index in [1.54, 1.807) is 4.57 Å². The quantitative estimate of drug-likeness (QED) is 0.579. The molecule has 1 aliphatic heterocycles. The summed E-state index contributed by atoms with van der Waals surface area (Å²) in [6, 6.07) is 0.158. The monoisotopic (exact) mass is 386 g/mol. The molecule has 0 radical (unpaired) electrons. The van der Waals surface area contributed by atoms with E-state index in [1.807, 2.05) is 13.8 Å². The number of anilines is 1. The van der Waals surface area contributed by atoms with Gasteiger partial charge in [-0.25, -0.2) is 15.0 Å². The van der Waals surface area contributed by atoms with Crippen LogP contribution in [0.4, 0.5) is 5.82 Å². The average molecular weight is 386 g/mol. The van der Waals surface area contributed by atoms with Crippen LogP contribution in [0.2, 0.25) is 0 Å². The van der Waals surface area contributed by atoms with Crippen LogP contribution in [-0.2, 0) is 18.6 Å². The van der Waals surface area contributed by atoms with E-state index in [-0.39, 0.29) is 6.04 Å². The Hall–Kier alpha value is -1.75. The van der Waals surface area contributed by atoms with Gasteiger partial charge in [0.1, 0.15) is 18.5 Å². The van der Waals surface area contributed by atoms with E-state index in [1.165, 1.54) is 19.8 Å². The van der Waals surface area contributed by atoms with Crippen molar-refractivity contribution < 1.29 is 28.6 Å². The average Bonchev–Trinajstić information content (AvgIpc) is 3.15. The lowest BCUT2D eigenvalue weighted by Crippen LogP contribution is -2.35. The highest BCUT2D eigenvalue weighted by molar-refractivity contribution is 7.32. The van der Waals surface area contributed by atoms with E-state index in [0.717, 1.165) is 0 Å². The first kappa shape index (κ1) is 19.0. The Labute approximate surface area is 150 Å². The van der Waals surface area contributed by atoms with Gasteiger partial charge in [0.05, 0.1) is 12.9 Å². The predicted molar refractivity (Wildman–Crippen MR) is 90.6 cm³/mol. The summed E-state index contributed by atoms with van der Waals surface area (Å²) >= 11 is 0. The molecule has 142 valence electrons. The van der Waals surface area contributed by atoms with Gasteiger partial charge in [0.15, 0.2) is 29.3 Å². The maximum atomic E-state index is 11.1. The molecular formula is C14H21N5O6P+. The van der Waals surface area contributed by atoms with Crippen LogP contribution >= 0.6 is 8.25 Å². The van der Waals surface area contributed by atoms with Crippen LogP contribution in [0, 0.1) is 0 Å². The van der Waals surface area contributed by atoms with Crippen molar-refractivity contribution in [2.75, 3.05) is 19.0 Å². The van der Waals surface area contributed by atoms with E-state index in [0.29, 0.717) is 17.0 Å². The molecule has 0 bridgehead atoms. The van der Waals surface area contributed by atoms with Crippen molar-refractivity contribution in [1.82, 2.24) is 19.5 Å². The third-order valence-electron chi connectivity index (χ3n) is 4.01. The fourth-order valence-electron chi connectivity index (χ4n) is 2.98. The first-order valence-electron chi connectivity index (χ1n) is 8.02. The summed E-state index contributed by atoms with van der Waals surface area (Å²) in [6.07, 6.45) is -0.308. The van der Waals surface area contributed by atoms with Crippen molar-refractivity contribution in [2.45, 2.75) is 44.4 Å². The Balaban J connectivity index is 1.98. The van der Waals surface area contributed by atoms with Crippen LogP contribution < -0.4 is 5.32 Å². The number of nitrogens with one attached hydrogen (secondary N) is 1. The Kier molecular flexibility index (Phi) is 5.76. The molecule has 0 spiro atoms. The molecule has 0 aromatic carbocycles. The minimum Gasteiger partial charge on any atom is -0.394 e. The summed E-state index contributed by atoms with van der Waals surface area (Å²) in [7, 11) is -1.45. The lowest BCUT2D eigenvalue weighted by atomic mass is 10.1. The Bertz CT molecular complexity index is 786. The van der Waals surface area contributed by atoms with Crippen LogP contribution in [0.1, 0.15) is 20.1 Å². The van der Waals surface area contributed by atoms with E-state index in [9.17, 15) is 9.67 Å². The van der Waals surface area contributed by atoms with Gasteiger partial charge in [0, 0.05) is 17.7 Å². The molecule has 0 saturated carbocycles. The third kappa shape index (κ3) is 3.54. The molecule has 2 aromatic rings. The number of imidazole rings is 1. The van der Waals surface area contributed by atoms with E-state index in [4.69, 9.17) is 18.9 Å². The highest BCUT2D eigenvalue weighted by Gasteiger charge is 2.51. The molecule has 12 heteroatoms. The summed E-state index contributed by atoms with van der Waals surface area (Å²) in [5, 5.41) is 12.7. The van der Waals surface area contributed by atoms with E-state index >= 15 is 0 Å². The van der Waals surface area contributed by atoms with Crippen LogP contribution in [0.15, 0.2) is 12.7 Å². The van der Waals surface area contributed by atoms with Gasteiger partial charge in [-0.05, 0) is 13.8 Å². The zero-order valence-corrected chi connectivity index (χ0v) is 15.4. The van der Waals surface area contributed by atoms with Crippen molar-refractivity contribution in [3.05, 3.63) is 12.7 Å². The number of nitrogens with zero attached hydrogens (tertiary/aromatic N) is 4. The molecule has 26 heavy (non-hydrogen) atoms. The number of aliphatic hydroxyl groups excluding tert-OH is 1. The lowest BCUT2D eigenvalue weighted by Gasteiger charge is -2.19. The number of rotatable bonds is 7. The highest BCUT2D eigenvalue weighted by atomic mass is 31.1. The van der Waals surface area contributed by atoms with Gasteiger partial charge in [-0.15, -0.1) is 9.42 Å². The molecule has 0 amide bonds. The van der Waals surface area contributed by atoms with Gasteiger partial charge in [-0.1, -0.05) is 0 Å². The molecule has 3 N–H and O–H groups in total. The summed E-state index contributed by atoms with van der Waals surface area (Å²) in [6.45, 7) is 3.57. The molecule has 5 atom stereocenters. The maximum Gasteiger partial charge on any atom is 0.695 e. The van der Waals surface area contributed by atoms with Crippen LogP contribution in [-0.4, -0.2) is 67.6 Å². The summed E-state index contributed by atoms with van der Waals surface area (Å²) in [4.78, 5) is 21.9. The first-order valence-corrected chi connectivity index (χ1v) is 9.15. The van der Waals surface area contributed by atoms with E-state index < -0.39 is 39.4 Å². The zero-order chi connectivity index (χ0) is 18.8. The third-order valence-corrected chi connectivity index (χ3v) is 4.43. The predicted octanol–water partition coefficient (Wildman–Crippen LogP) is 0.586. The second kappa shape index (κ2) is 7.87. The number of aliphatic hydroxyl groups is 1. The number of fused-ring (bicyclic) bond motifs is 1. The van der Waals surface area contributed by atoms with Gasteiger partial charge >= 0.3 is 8.25 Å². The number of ether oxygens (including phenoxy) is 2. The van der Waals surface area contributed by atoms with Crippen LogP contribution in [0.25, 0.3) is 11.2 Å². The summed E-state index contributed by atoms with van der Waals surface area (Å²) in [5.74, 6) is 0.584. The van der Waals surface area contributed by atoms with Gasteiger partial charge < -0.3 is 19.9 Å². The Morgan fingerprint density at radius 3 is 2.77 bits per heavy atom. The topological polar surface area (TPSA) is 141 Å². The van der Waals surface area contributed by atoms with Crippen molar-refractivity contribution >= 4 is 25.2 Å². The largest absolute Gasteiger partial charge is 0.695 e. The molecule has 0 aliphatic carbocycles. The molecule has 1 saturated heterocycles. The molecule has 3 rings (SSSR count). The second-order valence-corrected chi connectivity index (χ2v) is 6.79. The van der Waals surface area contributed by atoms with Crippen LogP contribution in [0.5, 0.6) is 0 Å². The number of hydrogen-bond acceptors (Lipinski definition) is 9. The standard InChI is InChI=1S/C14H20N5O6P/c1-7(2)18-12-9-13(16-5-15-12)19(6-17-9)14-11(23-3)10(25-26(21)22)8(4-20)24-14/h5-8,10-11,14,20H,4H2,1-3H3,(H-,15,16,18,21,22)/p+1/t8-,10?,11+,14-/m1/s1. The molecule has 2 unspecified atom stereocenters. The zero-order valence-electron chi connectivity index (χ0n) is 14.5. The highest BCUT2D eigenvalue weighted by Crippen LogP contribution is 2.38. The minimum absolute atomic E-state index is 0.158. The number of methoxy groups -OCH3 is 1. The van der Waals surface area contributed by atoms with Crippen LogP contribution in [0.3, 0.4) is 0 Å². The molecular weight excluding hydrogens is 365 g/mol. The van der Waals surface area contributed by atoms with Gasteiger partial charge in [0.2, 0.25) is 0 Å². The fourth-order valence-corrected chi connectivity index (χ4v) is 3.44.